The summed E-state index contributed by atoms with van der Waals surface area (Å²) in [5.41, 5.74) is 1.84. The number of nitrogens with zero attached hydrogens (tertiary/aromatic N) is 2. The van der Waals surface area contributed by atoms with Crippen LogP contribution in [-0.4, -0.2) is 34.2 Å². The molecular formula is C24H28N4O3. The Bertz CT molecular complexity index is 1020. The zero-order valence-electron chi connectivity index (χ0n) is 17.8. The van der Waals surface area contributed by atoms with Gasteiger partial charge in [0.05, 0.1) is 6.61 Å². The molecule has 1 aromatic heterocycles. The van der Waals surface area contributed by atoms with Gasteiger partial charge in [-0.3, -0.25) is 9.59 Å². The number of rotatable bonds is 11. The van der Waals surface area contributed by atoms with Crippen molar-refractivity contribution in [3.8, 4) is 17.1 Å². The summed E-state index contributed by atoms with van der Waals surface area (Å²) in [6, 6.07) is 17.3. The van der Waals surface area contributed by atoms with Crippen LogP contribution in [0.5, 0.6) is 5.75 Å². The van der Waals surface area contributed by atoms with Crippen molar-refractivity contribution in [1.82, 2.24) is 20.5 Å². The first-order valence-electron chi connectivity index (χ1n) is 10.7. The Balaban J connectivity index is 1.48. The molecule has 0 saturated heterocycles. The third-order valence-electron chi connectivity index (χ3n) is 4.83. The van der Waals surface area contributed by atoms with E-state index in [0.717, 1.165) is 30.6 Å². The van der Waals surface area contributed by atoms with Gasteiger partial charge in [0.15, 0.2) is 5.82 Å². The van der Waals surface area contributed by atoms with Crippen LogP contribution in [0.25, 0.3) is 11.4 Å². The highest BCUT2D eigenvalue weighted by molar-refractivity contribution is 5.76. The first kappa shape index (κ1) is 22.2. The fourth-order valence-electron chi connectivity index (χ4n) is 3.01. The summed E-state index contributed by atoms with van der Waals surface area (Å²) in [7, 11) is 0. The number of nitrogens with one attached hydrogen (secondary N) is 2. The minimum Gasteiger partial charge on any atom is -0.494 e. The Morgan fingerprint density at radius 2 is 1.81 bits per heavy atom. The summed E-state index contributed by atoms with van der Waals surface area (Å²) in [5, 5.41) is 11.0. The van der Waals surface area contributed by atoms with Gasteiger partial charge in [-0.05, 0) is 42.7 Å². The van der Waals surface area contributed by atoms with Crippen molar-refractivity contribution in [1.29, 1.82) is 0 Å². The number of aryl methyl sites for hydroxylation is 1. The van der Waals surface area contributed by atoms with E-state index in [1.165, 1.54) is 5.56 Å². The first-order valence-corrected chi connectivity index (χ1v) is 10.7. The standard InChI is InChI=1S/C24H28N4O3/c1-2-3-17-31-20-11-9-19(10-12-20)23-26-24(30)21(27-28-23)13-14-22(29)25-16-15-18-7-5-4-6-8-18/h4-12H,2-3,13-17H2,1H3,(H,25,29)(H,26,28,30). The van der Waals surface area contributed by atoms with Crippen molar-refractivity contribution in [2.75, 3.05) is 13.2 Å². The number of hydrogen-bond donors (Lipinski definition) is 2. The molecule has 3 aromatic rings. The Morgan fingerprint density at radius 3 is 2.52 bits per heavy atom. The van der Waals surface area contributed by atoms with E-state index in [1.807, 2.05) is 54.6 Å². The highest BCUT2D eigenvalue weighted by Crippen LogP contribution is 2.18. The molecule has 7 nitrogen and oxygen atoms in total. The molecular weight excluding hydrogens is 392 g/mol. The molecule has 0 atom stereocenters. The number of carbonyl (C=O) groups is 1. The number of benzene rings is 2. The van der Waals surface area contributed by atoms with Crippen LogP contribution in [0.3, 0.4) is 0 Å². The Kier molecular flexibility index (Phi) is 8.34. The van der Waals surface area contributed by atoms with Gasteiger partial charge in [0.2, 0.25) is 5.91 Å². The number of aromatic amines is 1. The minimum absolute atomic E-state index is 0.111. The van der Waals surface area contributed by atoms with Crippen molar-refractivity contribution >= 4 is 5.91 Å². The molecule has 1 heterocycles. The average molecular weight is 421 g/mol. The van der Waals surface area contributed by atoms with Gasteiger partial charge in [-0.2, -0.15) is 0 Å². The molecule has 0 bridgehead atoms. The van der Waals surface area contributed by atoms with Gasteiger partial charge in [-0.25, -0.2) is 0 Å². The Labute approximate surface area is 181 Å². The van der Waals surface area contributed by atoms with Crippen LogP contribution in [0.15, 0.2) is 59.4 Å². The fourth-order valence-corrected chi connectivity index (χ4v) is 3.01. The third-order valence-corrected chi connectivity index (χ3v) is 4.83. The van der Waals surface area contributed by atoms with E-state index in [-0.39, 0.29) is 30.0 Å². The molecule has 3 rings (SSSR count). The SMILES string of the molecule is CCCCOc1ccc(-c2nnc(CCC(=O)NCCc3ccccc3)c(=O)[nH]2)cc1. The Morgan fingerprint density at radius 1 is 1.03 bits per heavy atom. The molecule has 1 amide bonds. The molecule has 0 fully saturated rings. The minimum atomic E-state index is -0.328. The monoisotopic (exact) mass is 420 g/mol. The number of ether oxygens (including phenoxy) is 1. The average Bonchev–Trinajstić information content (AvgIpc) is 2.79. The fraction of sp³-hybridized carbons (Fsp3) is 0.333. The lowest BCUT2D eigenvalue weighted by Crippen LogP contribution is -2.27. The van der Waals surface area contributed by atoms with Crippen LogP contribution in [-0.2, 0) is 17.6 Å². The number of amides is 1. The summed E-state index contributed by atoms with van der Waals surface area (Å²) < 4.78 is 5.64. The quantitative estimate of drug-likeness (QED) is 0.464. The summed E-state index contributed by atoms with van der Waals surface area (Å²) >= 11 is 0. The van der Waals surface area contributed by atoms with E-state index in [2.05, 4.69) is 27.4 Å². The molecule has 7 heteroatoms. The van der Waals surface area contributed by atoms with Gasteiger partial charge < -0.3 is 15.0 Å². The predicted molar refractivity (Wildman–Crippen MR) is 120 cm³/mol. The van der Waals surface area contributed by atoms with Gasteiger partial charge in [-0.1, -0.05) is 43.7 Å². The van der Waals surface area contributed by atoms with Gasteiger partial charge in [0.1, 0.15) is 11.4 Å². The second kappa shape index (κ2) is 11.6. The van der Waals surface area contributed by atoms with E-state index in [9.17, 15) is 9.59 Å². The van der Waals surface area contributed by atoms with Crippen LogP contribution in [0.1, 0.15) is 37.4 Å². The molecule has 0 aliphatic heterocycles. The molecule has 2 N–H and O–H groups in total. The highest BCUT2D eigenvalue weighted by atomic mass is 16.5. The van der Waals surface area contributed by atoms with Gasteiger partial charge in [-0.15, -0.1) is 10.2 Å². The maximum atomic E-state index is 12.4. The molecule has 0 saturated carbocycles. The lowest BCUT2D eigenvalue weighted by atomic mass is 10.1. The zero-order chi connectivity index (χ0) is 21.9. The molecule has 0 aliphatic carbocycles. The molecule has 0 unspecified atom stereocenters. The van der Waals surface area contributed by atoms with E-state index in [0.29, 0.717) is 19.0 Å². The maximum Gasteiger partial charge on any atom is 0.273 e. The smallest absolute Gasteiger partial charge is 0.273 e. The molecule has 0 aliphatic rings. The van der Waals surface area contributed by atoms with E-state index >= 15 is 0 Å². The summed E-state index contributed by atoms with van der Waals surface area (Å²) in [6.45, 7) is 3.35. The van der Waals surface area contributed by atoms with Crippen LogP contribution in [0.2, 0.25) is 0 Å². The highest BCUT2D eigenvalue weighted by Gasteiger charge is 2.10. The Hall–Kier alpha value is -3.48. The van der Waals surface area contributed by atoms with Crippen molar-refractivity contribution < 1.29 is 9.53 Å². The topological polar surface area (TPSA) is 97.0 Å². The van der Waals surface area contributed by atoms with Gasteiger partial charge in [0, 0.05) is 24.9 Å². The number of aromatic nitrogens is 3. The molecule has 31 heavy (non-hydrogen) atoms. The van der Waals surface area contributed by atoms with Crippen molar-refractivity contribution in [3.63, 3.8) is 0 Å². The van der Waals surface area contributed by atoms with Gasteiger partial charge >= 0.3 is 0 Å². The molecule has 0 radical (unpaired) electrons. The second-order valence-corrected chi connectivity index (χ2v) is 7.26. The predicted octanol–water partition coefficient (Wildman–Crippen LogP) is 3.30. The van der Waals surface area contributed by atoms with E-state index in [4.69, 9.17) is 4.74 Å². The number of unbranched alkanes of at least 4 members (excludes halogenated alkanes) is 1. The summed E-state index contributed by atoms with van der Waals surface area (Å²) in [4.78, 5) is 27.2. The largest absolute Gasteiger partial charge is 0.494 e. The number of H-pyrrole nitrogens is 1. The van der Waals surface area contributed by atoms with Crippen molar-refractivity contribution in [2.45, 2.75) is 39.0 Å². The van der Waals surface area contributed by atoms with Crippen molar-refractivity contribution in [3.05, 3.63) is 76.2 Å². The third kappa shape index (κ3) is 7.06. The summed E-state index contributed by atoms with van der Waals surface area (Å²) in [6.07, 6.45) is 3.29. The zero-order valence-corrected chi connectivity index (χ0v) is 17.8. The van der Waals surface area contributed by atoms with Gasteiger partial charge in [0.25, 0.3) is 5.56 Å². The lowest BCUT2D eigenvalue weighted by Gasteiger charge is -2.07. The van der Waals surface area contributed by atoms with E-state index < -0.39 is 0 Å². The van der Waals surface area contributed by atoms with Crippen LogP contribution < -0.4 is 15.6 Å². The molecule has 0 spiro atoms. The van der Waals surface area contributed by atoms with Crippen LogP contribution in [0.4, 0.5) is 0 Å². The number of carbonyl (C=O) groups excluding carboxylic acids is 1. The molecule has 162 valence electrons. The molecule has 2 aromatic carbocycles. The van der Waals surface area contributed by atoms with Crippen molar-refractivity contribution in [2.24, 2.45) is 0 Å². The first-order chi connectivity index (χ1) is 15.2. The van der Waals surface area contributed by atoms with E-state index in [1.54, 1.807) is 0 Å². The summed E-state index contributed by atoms with van der Waals surface area (Å²) in [5.74, 6) is 1.06. The maximum absolute atomic E-state index is 12.4. The van der Waals surface area contributed by atoms with Crippen LogP contribution in [0, 0.1) is 0 Å². The second-order valence-electron chi connectivity index (χ2n) is 7.26. The number of hydrogen-bond acceptors (Lipinski definition) is 5. The van der Waals surface area contributed by atoms with Crippen LogP contribution >= 0.6 is 0 Å². The normalized spacial score (nSPS) is 10.6. The lowest BCUT2D eigenvalue weighted by molar-refractivity contribution is -0.121.